The summed E-state index contributed by atoms with van der Waals surface area (Å²) in [5.41, 5.74) is 2.08. The minimum atomic E-state index is 0.556. The molecule has 90 valence electrons. The van der Waals surface area contributed by atoms with E-state index in [1.54, 1.807) is 0 Å². The van der Waals surface area contributed by atoms with E-state index in [1.165, 1.54) is 0 Å². The maximum absolute atomic E-state index is 5.19. The molecule has 0 fully saturated rings. The number of rotatable bonds is 4. The summed E-state index contributed by atoms with van der Waals surface area (Å²) in [6.45, 7) is 0.610. The van der Waals surface area contributed by atoms with E-state index in [0.29, 0.717) is 18.3 Å². The van der Waals surface area contributed by atoms with Crippen molar-refractivity contribution in [1.29, 1.82) is 0 Å². The molecule has 1 aromatic heterocycles. The monoisotopic (exact) mass is 232 g/mol. The third-order valence-corrected chi connectivity index (χ3v) is 2.43. The molecule has 0 amide bonds. The first kappa shape index (κ1) is 11.6. The Bertz CT molecular complexity index is 476. The first-order valence-corrected chi connectivity index (χ1v) is 5.45. The Balaban J connectivity index is 2.21. The molecule has 2 rings (SSSR count). The lowest BCUT2D eigenvalue weighted by Crippen LogP contribution is -2.08. The van der Waals surface area contributed by atoms with Crippen molar-refractivity contribution in [1.82, 2.24) is 15.5 Å². The Morgan fingerprint density at radius 2 is 1.94 bits per heavy atom. The smallest absolute Gasteiger partial charge is 0.257 e. The standard InChI is InChI=1S/C12H16N4O/c1-13-8-11-14-12(17-15-11)9-4-6-10(7-5-9)16(2)3/h4-7,13H,8H2,1-3H3. The Morgan fingerprint density at radius 1 is 1.24 bits per heavy atom. The van der Waals surface area contributed by atoms with Gasteiger partial charge in [0.2, 0.25) is 0 Å². The molecule has 0 saturated carbocycles. The molecule has 0 saturated heterocycles. The van der Waals surface area contributed by atoms with Gasteiger partial charge in [0.1, 0.15) is 0 Å². The van der Waals surface area contributed by atoms with Gasteiger partial charge in [-0.05, 0) is 31.3 Å². The van der Waals surface area contributed by atoms with E-state index in [1.807, 2.05) is 50.3 Å². The van der Waals surface area contributed by atoms with Crippen molar-refractivity contribution in [2.24, 2.45) is 0 Å². The van der Waals surface area contributed by atoms with Crippen LogP contribution in [0.3, 0.4) is 0 Å². The molecule has 0 aliphatic carbocycles. The molecule has 5 nitrogen and oxygen atoms in total. The highest BCUT2D eigenvalue weighted by Crippen LogP contribution is 2.20. The molecule has 0 bridgehead atoms. The average Bonchev–Trinajstić information content (AvgIpc) is 2.78. The first-order chi connectivity index (χ1) is 8.20. The van der Waals surface area contributed by atoms with E-state index in [4.69, 9.17) is 4.52 Å². The van der Waals surface area contributed by atoms with E-state index >= 15 is 0 Å². The summed E-state index contributed by atoms with van der Waals surface area (Å²) in [4.78, 5) is 6.34. The normalized spacial score (nSPS) is 10.5. The van der Waals surface area contributed by atoms with Crippen LogP contribution >= 0.6 is 0 Å². The number of aromatic nitrogens is 2. The van der Waals surface area contributed by atoms with Crippen molar-refractivity contribution in [3.63, 3.8) is 0 Å². The lowest BCUT2D eigenvalue weighted by Gasteiger charge is -2.11. The minimum absolute atomic E-state index is 0.556. The number of anilines is 1. The largest absolute Gasteiger partial charge is 0.378 e. The van der Waals surface area contributed by atoms with E-state index in [-0.39, 0.29) is 0 Å². The maximum atomic E-state index is 5.19. The predicted octanol–water partition coefficient (Wildman–Crippen LogP) is 1.52. The van der Waals surface area contributed by atoms with E-state index in [0.717, 1.165) is 11.3 Å². The van der Waals surface area contributed by atoms with Crippen molar-refractivity contribution < 1.29 is 4.52 Å². The number of hydrogen-bond donors (Lipinski definition) is 1. The zero-order valence-electron chi connectivity index (χ0n) is 10.3. The molecule has 2 aromatic rings. The molecule has 0 radical (unpaired) electrons. The summed E-state index contributed by atoms with van der Waals surface area (Å²) in [5, 5.41) is 6.86. The summed E-state index contributed by atoms with van der Waals surface area (Å²) in [5.74, 6) is 1.22. The molecular weight excluding hydrogens is 216 g/mol. The fraction of sp³-hybridized carbons (Fsp3) is 0.333. The molecule has 0 unspecified atom stereocenters. The van der Waals surface area contributed by atoms with Gasteiger partial charge in [0, 0.05) is 25.3 Å². The van der Waals surface area contributed by atoms with Crippen LogP contribution in [-0.2, 0) is 6.54 Å². The Labute approximate surface area is 100 Å². The maximum Gasteiger partial charge on any atom is 0.257 e. The van der Waals surface area contributed by atoms with Crippen LogP contribution in [0.5, 0.6) is 0 Å². The van der Waals surface area contributed by atoms with Crippen LogP contribution in [0.15, 0.2) is 28.8 Å². The van der Waals surface area contributed by atoms with Crippen LogP contribution in [0.1, 0.15) is 5.82 Å². The second-order valence-corrected chi connectivity index (χ2v) is 3.99. The lowest BCUT2D eigenvalue weighted by atomic mass is 10.2. The molecule has 0 spiro atoms. The van der Waals surface area contributed by atoms with Crippen LogP contribution in [0.2, 0.25) is 0 Å². The highest BCUT2D eigenvalue weighted by molar-refractivity contribution is 5.58. The molecule has 0 atom stereocenters. The first-order valence-electron chi connectivity index (χ1n) is 5.45. The topological polar surface area (TPSA) is 54.2 Å². The van der Waals surface area contributed by atoms with Crippen molar-refractivity contribution in [3.8, 4) is 11.5 Å². The van der Waals surface area contributed by atoms with E-state index < -0.39 is 0 Å². The summed E-state index contributed by atoms with van der Waals surface area (Å²) < 4.78 is 5.19. The van der Waals surface area contributed by atoms with Crippen LogP contribution in [-0.4, -0.2) is 31.3 Å². The van der Waals surface area contributed by atoms with Crippen LogP contribution in [0.25, 0.3) is 11.5 Å². The van der Waals surface area contributed by atoms with Gasteiger partial charge in [-0.2, -0.15) is 4.98 Å². The molecule has 0 aliphatic rings. The quantitative estimate of drug-likeness (QED) is 0.866. The van der Waals surface area contributed by atoms with Gasteiger partial charge in [0.25, 0.3) is 5.89 Å². The molecule has 1 heterocycles. The van der Waals surface area contributed by atoms with E-state index in [2.05, 4.69) is 15.5 Å². The van der Waals surface area contributed by atoms with Gasteiger partial charge in [0.15, 0.2) is 5.82 Å². The second kappa shape index (κ2) is 4.97. The number of hydrogen-bond acceptors (Lipinski definition) is 5. The van der Waals surface area contributed by atoms with Gasteiger partial charge in [-0.15, -0.1) is 0 Å². The van der Waals surface area contributed by atoms with Gasteiger partial charge < -0.3 is 14.7 Å². The van der Waals surface area contributed by atoms with Crippen LogP contribution in [0, 0.1) is 0 Å². The zero-order valence-corrected chi connectivity index (χ0v) is 10.3. The van der Waals surface area contributed by atoms with Gasteiger partial charge in [-0.25, -0.2) is 0 Å². The number of nitrogens with zero attached hydrogens (tertiary/aromatic N) is 3. The number of benzene rings is 1. The van der Waals surface area contributed by atoms with Crippen molar-refractivity contribution in [3.05, 3.63) is 30.1 Å². The SMILES string of the molecule is CNCc1noc(-c2ccc(N(C)C)cc2)n1. The predicted molar refractivity (Wildman–Crippen MR) is 66.8 cm³/mol. The highest BCUT2D eigenvalue weighted by Gasteiger charge is 2.08. The highest BCUT2D eigenvalue weighted by atomic mass is 16.5. The minimum Gasteiger partial charge on any atom is -0.378 e. The summed E-state index contributed by atoms with van der Waals surface area (Å²) in [7, 11) is 5.86. The molecule has 0 aliphatic heterocycles. The summed E-state index contributed by atoms with van der Waals surface area (Å²) >= 11 is 0. The summed E-state index contributed by atoms with van der Waals surface area (Å²) in [6, 6.07) is 8.01. The molecular formula is C12H16N4O. The van der Waals surface area contributed by atoms with Gasteiger partial charge in [0.05, 0.1) is 6.54 Å². The molecule has 5 heteroatoms. The Hall–Kier alpha value is -1.88. The van der Waals surface area contributed by atoms with Crippen LogP contribution in [0.4, 0.5) is 5.69 Å². The fourth-order valence-corrected chi connectivity index (χ4v) is 1.50. The molecule has 1 aromatic carbocycles. The Morgan fingerprint density at radius 3 is 2.53 bits per heavy atom. The van der Waals surface area contributed by atoms with Gasteiger partial charge in [-0.3, -0.25) is 0 Å². The van der Waals surface area contributed by atoms with Crippen molar-refractivity contribution in [2.75, 3.05) is 26.0 Å². The summed E-state index contributed by atoms with van der Waals surface area (Å²) in [6.07, 6.45) is 0. The average molecular weight is 232 g/mol. The lowest BCUT2D eigenvalue weighted by molar-refractivity contribution is 0.420. The third-order valence-electron chi connectivity index (χ3n) is 2.43. The molecule has 17 heavy (non-hydrogen) atoms. The van der Waals surface area contributed by atoms with Crippen LogP contribution < -0.4 is 10.2 Å². The second-order valence-electron chi connectivity index (χ2n) is 3.99. The molecule has 1 N–H and O–H groups in total. The fourth-order valence-electron chi connectivity index (χ4n) is 1.50. The zero-order chi connectivity index (χ0) is 12.3. The van der Waals surface area contributed by atoms with Crippen molar-refractivity contribution >= 4 is 5.69 Å². The third kappa shape index (κ3) is 2.62. The number of nitrogens with one attached hydrogen (secondary N) is 1. The van der Waals surface area contributed by atoms with Crippen molar-refractivity contribution in [2.45, 2.75) is 6.54 Å². The Kier molecular flexibility index (Phi) is 3.39. The van der Waals surface area contributed by atoms with E-state index in [9.17, 15) is 0 Å². The van der Waals surface area contributed by atoms with Gasteiger partial charge in [-0.1, -0.05) is 5.16 Å². The van der Waals surface area contributed by atoms with Gasteiger partial charge >= 0.3 is 0 Å².